The van der Waals surface area contributed by atoms with Crippen LogP contribution in [0.4, 0.5) is 10.8 Å². The Bertz CT molecular complexity index is 846. The van der Waals surface area contributed by atoms with Crippen LogP contribution in [0.15, 0.2) is 34.8 Å². The number of aromatic nitrogens is 1. The quantitative estimate of drug-likeness (QED) is 0.449. The van der Waals surface area contributed by atoms with Gasteiger partial charge in [0.2, 0.25) is 5.91 Å². The Morgan fingerprint density at radius 2 is 2.14 bits per heavy atom. The van der Waals surface area contributed by atoms with Crippen molar-refractivity contribution in [2.75, 3.05) is 49.5 Å². The molecule has 148 valence electrons. The number of piperazine rings is 1. The molecular weight excluding hydrogens is 376 g/mol. The normalized spacial score (nSPS) is 17.3. The summed E-state index contributed by atoms with van der Waals surface area (Å²) < 4.78 is 5.79. The van der Waals surface area contributed by atoms with Gasteiger partial charge in [-0.3, -0.25) is 4.79 Å². The summed E-state index contributed by atoms with van der Waals surface area (Å²) in [7, 11) is 0. The fraction of sp³-hybridized carbons (Fsp3) is 0.421. The van der Waals surface area contributed by atoms with Gasteiger partial charge in [-0.25, -0.2) is 9.98 Å². The van der Waals surface area contributed by atoms with Crippen LogP contribution in [0, 0.1) is 0 Å². The van der Waals surface area contributed by atoms with Crippen LogP contribution in [0.25, 0.3) is 0 Å². The first-order chi connectivity index (χ1) is 13.7. The molecule has 2 aromatic rings. The number of fused-ring (bicyclic) bond motifs is 1. The second-order valence-corrected chi connectivity index (χ2v) is 7.62. The number of aryl methyl sites for hydroxylation is 1. The fourth-order valence-corrected chi connectivity index (χ4v) is 4.07. The molecule has 2 aliphatic heterocycles. The molecule has 3 N–H and O–H groups in total. The number of hydrogen-bond donors (Lipinski definition) is 2. The van der Waals surface area contributed by atoms with Crippen molar-refractivity contribution in [3.8, 4) is 5.75 Å². The molecule has 1 fully saturated rings. The number of aliphatic imine (C=N–C) groups is 1. The summed E-state index contributed by atoms with van der Waals surface area (Å²) in [4.78, 5) is 24.6. The number of carbonyl (C=O) groups excluding carboxylic acids is 1. The van der Waals surface area contributed by atoms with Crippen molar-refractivity contribution in [1.29, 1.82) is 0 Å². The Morgan fingerprint density at radius 3 is 2.93 bits per heavy atom. The van der Waals surface area contributed by atoms with Gasteiger partial charge in [0.25, 0.3) is 0 Å². The molecule has 1 saturated heterocycles. The van der Waals surface area contributed by atoms with E-state index in [1.54, 1.807) is 11.3 Å². The summed E-state index contributed by atoms with van der Waals surface area (Å²) in [6.45, 7) is 4.44. The number of guanidine groups is 1. The van der Waals surface area contributed by atoms with E-state index in [2.05, 4.69) is 25.1 Å². The molecule has 0 radical (unpaired) electrons. The number of nitrogens with one attached hydrogen (secondary N) is 1. The number of nitrogens with zero attached hydrogens (tertiary/aromatic N) is 4. The molecule has 9 heteroatoms. The highest BCUT2D eigenvalue weighted by Gasteiger charge is 2.19. The fourth-order valence-electron chi connectivity index (χ4n) is 3.37. The van der Waals surface area contributed by atoms with Gasteiger partial charge in [-0.05, 0) is 30.2 Å². The molecule has 4 rings (SSSR count). The second-order valence-electron chi connectivity index (χ2n) is 6.74. The third kappa shape index (κ3) is 4.36. The number of anilines is 2. The van der Waals surface area contributed by atoms with Crippen molar-refractivity contribution in [3.05, 3.63) is 35.3 Å². The number of rotatable bonds is 5. The standard InChI is InChI=1S/C19H24N6O2S/c20-18(24-7-9-25(10-8-24)19-22-6-12-28-19)21-5-11-27-15-2-3-16-14(13-15)1-4-17(26)23-16/h2-3,6,12-13H,1,4-5,7-11H2,(H2,20,21)(H,23,26). The monoisotopic (exact) mass is 400 g/mol. The van der Waals surface area contributed by atoms with Crippen molar-refractivity contribution in [3.63, 3.8) is 0 Å². The molecule has 28 heavy (non-hydrogen) atoms. The van der Waals surface area contributed by atoms with E-state index in [-0.39, 0.29) is 5.91 Å². The van der Waals surface area contributed by atoms with Gasteiger partial charge in [0.05, 0.1) is 6.54 Å². The van der Waals surface area contributed by atoms with Gasteiger partial charge >= 0.3 is 0 Å². The minimum Gasteiger partial charge on any atom is -0.492 e. The maximum atomic E-state index is 11.4. The largest absolute Gasteiger partial charge is 0.492 e. The molecule has 1 amide bonds. The lowest BCUT2D eigenvalue weighted by Gasteiger charge is -2.35. The zero-order valence-corrected chi connectivity index (χ0v) is 16.5. The molecule has 0 atom stereocenters. The summed E-state index contributed by atoms with van der Waals surface area (Å²) in [5.41, 5.74) is 8.13. The summed E-state index contributed by atoms with van der Waals surface area (Å²) in [6.07, 6.45) is 3.10. The van der Waals surface area contributed by atoms with Crippen molar-refractivity contribution >= 4 is 34.0 Å². The summed E-state index contributed by atoms with van der Waals surface area (Å²) in [5, 5.41) is 5.93. The first kappa shape index (κ1) is 18.5. The number of carbonyl (C=O) groups is 1. The van der Waals surface area contributed by atoms with Crippen LogP contribution in [0.5, 0.6) is 5.75 Å². The summed E-state index contributed by atoms with van der Waals surface area (Å²) in [5.74, 6) is 1.43. The van der Waals surface area contributed by atoms with E-state index in [1.165, 1.54) is 0 Å². The molecular formula is C19H24N6O2S. The number of hydrogen-bond acceptors (Lipinski definition) is 6. The van der Waals surface area contributed by atoms with Crippen molar-refractivity contribution in [1.82, 2.24) is 9.88 Å². The SMILES string of the molecule is NC(=NCCOc1ccc2c(c1)CCC(=O)N2)N1CCN(c2nccs2)CC1. The Balaban J connectivity index is 1.22. The first-order valence-corrected chi connectivity index (χ1v) is 10.3. The topological polar surface area (TPSA) is 96.1 Å². The van der Waals surface area contributed by atoms with Crippen molar-refractivity contribution in [2.24, 2.45) is 10.7 Å². The van der Waals surface area contributed by atoms with Gasteiger partial charge in [0.1, 0.15) is 12.4 Å². The number of benzene rings is 1. The van der Waals surface area contributed by atoms with E-state index >= 15 is 0 Å². The second kappa shape index (κ2) is 8.47. The maximum absolute atomic E-state index is 11.4. The summed E-state index contributed by atoms with van der Waals surface area (Å²) in [6, 6.07) is 5.75. The molecule has 0 spiro atoms. The Labute approximate surface area is 168 Å². The van der Waals surface area contributed by atoms with Crippen LogP contribution in [-0.2, 0) is 11.2 Å². The minimum atomic E-state index is 0.0680. The Morgan fingerprint density at radius 1 is 1.29 bits per heavy atom. The molecule has 8 nitrogen and oxygen atoms in total. The lowest BCUT2D eigenvalue weighted by molar-refractivity contribution is -0.116. The smallest absolute Gasteiger partial charge is 0.224 e. The Hall–Kier alpha value is -2.81. The average Bonchev–Trinajstić information content (AvgIpc) is 3.26. The molecule has 2 aliphatic rings. The lowest BCUT2D eigenvalue weighted by atomic mass is 10.0. The molecule has 0 unspecified atom stereocenters. The molecule has 1 aromatic heterocycles. The highest BCUT2D eigenvalue weighted by Crippen LogP contribution is 2.26. The summed E-state index contributed by atoms with van der Waals surface area (Å²) >= 11 is 1.66. The number of nitrogens with two attached hydrogens (primary N) is 1. The molecule has 3 heterocycles. The van der Waals surface area contributed by atoms with Gasteiger partial charge in [0.15, 0.2) is 11.1 Å². The van der Waals surface area contributed by atoms with Gasteiger partial charge in [-0.1, -0.05) is 0 Å². The zero-order valence-electron chi connectivity index (χ0n) is 15.6. The van der Waals surface area contributed by atoms with E-state index in [4.69, 9.17) is 10.5 Å². The van der Waals surface area contributed by atoms with Gasteiger partial charge in [-0.2, -0.15) is 0 Å². The van der Waals surface area contributed by atoms with E-state index in [0.29, 0.717) is 25.5 Å². The molecule has 1 aromatic carbocycles. The van der Waals surface area contributed by atoms with Crippen LogP contribution in [0.3, 0.4) is 0 Å². The third-order valence-corrected chi connectivity index (χ3v) is 5.73. The van der Waals surface area contributed by atoms with E-state index in [1.807, 2.05) is 29.8 Å². The average molecular weight is 401 g/mol. The predicted molar refractivity (Wildman–Crippen MR) is 111 cm³/mol. The number of ether oxygens (including phenoxy) is 1. The minimum absolute atomic E-state index is 0.0680. The molecule has 0 bridgehead atoms. The maximum Gasteiger partial charge on any atom is 0.224 e. The Kier molecular flexibility index (Phi) is 5.61. The zero-order chi connectivity index (χ0) is 19.3. The van der Waals surface area contributed by atoms with Gasteiger partial charge in [-0.15, -0.1) is 11.3 Å². The number of thiazole rings is 1. The highest BCUT2D eigenvalue weighted by atomic mass is 32.1. The van der Waals surface area contributed by atoms with Crippen LogP contribution in [-0.4, -0.2) is 61.1 Å². The van der Waals surface area contributed by atoms with E-state index in [9.17, 15) is 4.79 Å². The van der Waals surface area contributed by atoms with Crippen LogP contribution in [0.1, 0.15) is 12.0 Å². The van der Waals surface area contributed by atoms with E-state index in [0.717, 1.165) is 54.7 Å². The van der Waals surface area contributed by atoms with Crippen LogP contribution >= 0.6 is 11.3 Å². The van der Waals surface area contributed by atoms with Crippen molar-refractivity contribution in [2.45, 2.75) is 12.8 Å². The molecule has 0 aliphatic carbocycles. The van der Waals surface area contributed by atoms with Crippen LogP contribution in [0.2, 0.25) is 0 Å². The third-order valence-electron chi connectivity index (χ3n) is 4.90. The van der Waals surface area contributed by atoms with Crippen LogP contribution < -0.4 is 20.7 Å². The van der Waals surface area contributed by atoms with Gasteiger partial charge < -0.3 is 25.6 Å². The van der Waals surface area contributed by atoms with Gasteiger partial charge in [0, 0.05) is 49.9 Å². The van der Waals surface area contributed by atoms with E-state index < -0.39 is 0 Å². The highest BCUT2D eigenvalue weighted by molar-refractivity contribution is 7.13. The molecule has 0 saturated carbocycles. The lowest BCUT2D eigenvalue weighted by Crippen LogP contribution is -2.51. The number of amides is 1. The predicted octanol–water partition coefficient (Wildman–Crippen LogP) is 1.54. The first-order valence-electron chi connectivity index (χ1n) is 9.44. The van der Waals surface area contributed by atoms with Crippen molar-refractivity contribution < 1.29 is 9.53 Å².